The third-order valence-electron chi connectivity index (χ3n) is 20.7. The predicted octanol–water partition coefficient (Wildman–Crippen LogP) is 14.1. The van der Waals surface area contributed by atoms with E-state index < -0.39 is 124 Å². The first-order valence-electron chi connectivity index (χ1n) is 41.4. The van der Waals surface area contributed by atoms with Crippen LogP contribution in [0.5, 0.6) is 0 Å². The van der Waals surface area contributed by atoms with E-state index in [-0.39, 0.29) is 18.9 Å². The average molecular weight is 1440 g/mol. The first-order valence-corrected chi connectivity index (χ1v) is 41.4. The molecule has 0 bridgehead atoms. The van der Waals surface area contributed by atoms with Gasteiger partial charge in [0.25, 0.3) is 0 Å². The van der Waals surface area contributed by atoms with Gasteiger partial charge in [0.05, 0.1) is 38.6 Å². The van der Waals surface area contributed by atoms with Gasteiger partial charge in [0.2, 0.25) is 5.91 Å². The van der Waals surface area contributed by atoms with Crippen molar-refractivity contribution in [2.24, 2.45) is 0 Å². The minimum Gasteiger partial charge on any atom is -0.394 e. The quantitative estimate of drug-likeness (QED) is 0.0199. The summed E-state index contributed by atoms with van der Waals surface area (Å²) in [5.41, 5.74) is 0. The van der Waals surface area contributed by atoms with Gasteiger partial charge in [-0.2, -0.15) is 0 Å². The zero-order chi connectivity index (χ0) is 73.2. The molecule has 3 rings (SSSR count). The molecule has 0 radical (unpaired) electrons. The molecule has 19 nitrogen and oxygen atoms in total. The number of carbonyl (C=O) groups is 1. The maximum atomic E-state index is 13.5. The number of carbonyl (C=O) groups excluding carboxylic acids is 1. The lowest BCUT2D eigenvalue weighted by atomic mass is 9.96. The highest BCUT2D eigenvalue weighted by atomic mass is 16.8. The zero-order valence-corrected chi connectivity index (χ0v) is 63.4. The lowest BCUT2D eigenvalue weighted by Crippen LogP contribution is -2.66. The van der Waals surface area contributed by atoms with Gasteiger partial charge < -0.3 is 89.9 Å². The molecule has 3 saturated heterocycles. The van der Waals surface area contributed by atoms with Gasteiger partial charge in [-0.05, 0) is 51.4 Å². The van der Waals surface area contributed by atoms with Crippen LogP contribution >= 0.6 is 0 Å². The Morgan fingerprint density at radius 1 is 0.366 bits per heavy atom. The number of aliphatic hydroxyl groups excluding tert-OH is 11. The van der Waals surface area contributed by atoms with Crippen molar-refractivity contribution in [1.29, 1.82) is 0 Å². The predicted molar refractivity (Wildman–Crippen MR) is 402 cm³/mol. The van der Waals surface area contributed by atoms with E-state index in [1.807, 2.05) is 0 Å². The van der Waals surface area contributed by atoms with Crippen molar-refractivity contribution in [2.75, 3.05) is 26.4 Å². The van der Waals surface area contributed by atoms with E-state index in [2.05, 4.69) is 67.8 Å². The topological polar surface area (TPSA) is 307 Å². The smallest absolute Gasteiger partial charge is 0.220 e. The van der Waals surface area contributed by atoms with Crippen LogP contribution in [0.15, 0.2) is 48.6 Å². The molecule has 0 saturated carbocycles. The molecule has 0 aromatic carbocycles. The Hall–Kier alpha value is -2.25. The molecule has 592 valence electrons. The Kier molecular flexibility index (Phi) is 57.8. The number of aliphatic hydroxyl groups is 11. The summed E-state index contributed by atoms with van der Waals surface area (Å²) in [5.74, 6) is -0.237. The van der Waals surface area contributed by atoms with E-state index in [1.54, 1.807) is 0 Å². The first-order chi connectivity index (χ1) is 49.3. The minimum absolute atomic E-state index is 0.237. The van der Waals surface area contributed by atoms with E-state index in [0.29, 0.717) is 12.8 Å². The molecule has 1 amide bonds. The summed E-state index contributed by atoms with van der Waals surface area (Å²) in [7, 11) is 0. The average Bonchev–Trinajstić information content (AvgIpc) is 0.783. The molecular weight excluding hydrogens is 1290 g/mol. The van der Waals surface area contributed by atoms with Crippen molar-refractivity contribution in [3.05, 3.63) is 48.6 Å². The van der Waals surface area contributed by atoms with Crippen LogP contribution in [0.1, 0.15) is 335 Å². The Balaban J connectivity index is 1.34. The van der Waals surface area contributed by atoms with Gasteiger partial charge in [-0.25, -0.2) is 0 Å². The summed E-state index contributed by atoms with van der Waals surface area (Å²) >= 11 is 0. The third kappa shape index (κ3) is 42.8. The second-order valence-electron chi connectivity index (χ2n) is 29.6. The Bertz CT molecular complexity index is 2010. The van der Waals surface area contributed by atoms with Crippen LogP contribution in [0.4, 0.5) is 0 Å². The first kappa shape index (κ1) is 93.0. The molecule has 19 heteroatoms. The maximum Gasteiger partial charge on any atom is 0.220 e. The second-order valence-corrected chi connectivity index (χ2v) is 29.6. The molecule has 0 spiro atoms. The lowest BCUT2D eigenvalue weighted by molar-refractivity contribution is -0.379. The van der Waals surface area contributed by atoms with Gasteiger partial charge in [0, 0.05) is 6.42 Å². The molecule has 0 aromatic rings. The monoisotopic (exact) mass is 1440 g/mol. The summed E-state index contributed by atoms with van der Waals surface area (Å²) < 4.78 is 34.5. The van der Waals surface area contributed by atoms with Gasteiger partial charge in [-0.1, -0.05) is 326 Å². The van der Waals surface area contributed by atoms with Crippen LogP contribution in [0.2, 0.25) is 0 Å². The van der Waals surface area contributed by atoms with Crippen molar-refractivity contribution in [1.82, 2.24) is 5.32 Å². The summed E-state index contributed by atoms with van der Waals surface area (Å²) in [6.45, 7) is 1.74. The third-order valence-corrected chi connectivity index (χ3v) is 20.7. The summed E-state index contributed by atoms with van der Waals surface area (Å²) in [6, 6.07) is -0.888. The number of rotatable bonds is 66. The molecule has 17 unspecified atom stereocenters. The van der Waals surface area contributed by atoms with E-state index in [0.717, 1.165) is 70.6 Å². The minimum atomic E-state index is -1.97. The maximum absolute atomic E-state index is 13.5. The number of nitrogens with one attached hydrogen (secondary N) is 1. The van der Waals surface area contributed by atoms with Crippen LogP contribution in [0.3, 0.4) is 0 Å². The molecule has 0 aliphatic carbocycles. The van der Waals surface area contributed by atoms with Gasteiger partial charge in [0.15, 0.2) is 18.9 Å². The standard InChI is InChI=1S/C82H151NO18/c1-3-5-7-9-11-13-15-17-19-21-23-25-27-28-29-30-31-32-33-34-35-36-38-40-42-44-46-48-50-52-54-56-58-60-70(88)83-65(66(87)59-57-55-53-51-49-47-45-43-41-39-37-26-24-22-20-18-16-14-12-10-8-6-4-2)64-96-80-76(94)73(91)78(68(62-85)98-80)101-82-77(95)74(92)79(69(63-86)99-82)100-81-75(93)72(90)71(89)67(61-84)97-81/h5,7,11,13,17,19,23,25,65-69,71-82,84-87,89-95H,3-4,6,8-10,12,14-16,18,20-22,24,26-64H2,1-2H3,(H,83,88)/b7-5-,13-11-,19-17-,25-23-. The van der Waals surface area contributed by atoms with E-state index in [4.69, 9.17) is 28.4 Å². The van der Waals surface area contributed by atoms with Gasteiger partial charge in [-0.3, -0.25) is 4.79 Å². The van der Waals surface area contributed by atoms with Crippen LogP contribution < -0.4 is 5.32 Å². The highest BCUT2D eigenvalue weighted by molar-refractivity contribution is 5.76. The van der Waals surface area contributed by atoms with Gasteiger partial charge in [0.1, 0.15) is 73.2 Å². The molecule has 3 fully saturated rings. The molecule has 3 aliphatic rings. The van der Waals surface area contributed by atoms with E-state index >= 15 is 0 Å². The number of allylic oxidation sites excluding steroid dienone is 8. The van der Waals surface area contributed by atoms with Crippen molar-refractivity contribution < 1.29 is 89.4 Å². The fraction of sp³-hybridized carbons (Fsp3) is 0.890. The van der Waals surface area contributed by atoms with Gasteiger partial charge >= 0.3 is 0 Å². The van der Waals surface area contributed by atoms with Crippen LogP contribution in [0.25, 0.3) is 0 Å². The van der Waals surface area contributed by atoms with Crippen molar-refractivity contribution >= 4 is 5.91 Å². The Morgan fingerprint density at radius 3 is 1.07 bits per heavy atom. The summed E-state index contributed by atoms with van der Waals surface area (Å²) in [5, 5.41) is 121. The van der Waals surface area contributed by atoms with Crippen LogP contribution in [0, 0.1) is 0 Å². The second kappa shape index (κ2) is 62.8. The zero-order valence-electron chi connectivity index (χ0n) is 63.4. The highest BCUT2D eigenvalue weighted by Crippen LogP contribution is 2.33. The molecule has 0 aromatic heterocycles. The number of ether oxygens (including phenoxy) is 6. The van der Waals surface area contributed by atoms with Crippen molar-refractivity contribution in [2.45, 2.75) is 439 Å². The Morgan fingerprint density at radius 2 is 0.683 bits per heavy atom. The van der Waals surface area contributed by atoms with Crippen molar-refractivity contribution in [3.8, 4) is 0 Å². The van der Waals surface area contributed by atoms with Crippen LogP contribution in [-0.4, -0.2) is 193 Å². The lowest BCUT2D eigenvalue weighted by Gasteiger charge is -2.48. The van der Waals surface area contributed by atoms with Crippen LogP contribution in [-0.2, 0) is 33.2 Å². The largest absolute Gasteiger partial charge is 0.394 e. The SMILES string of the molecule is CC/C=C\C/C=C\C/C=C\C/C=C\CCCCCCCCCCCCCCCCCCCCCCC(=O)NC(COC1OC(CO)C(OC2OC(CO)C(OC3OC(CO)C(O)C(O)C3O)C(O)C2O)C(O)C1O)C(O)CCCCCCCCCCCCCCCCCCCCCCCCC. The summed E-state index contributed by atoms with van der Waals surface area (Å²) in [6.07, 6.45) is 52.0. The number of unbranched alkanes of at least 4 members (excludes halogenated alkanes) is 42. The number of amides is 1. The molecule has 12 N–H and O–H groups in total. The normalized spacial score (nSPS) is 26.5. The number of hydrogen-bond acceptors (Lipinski definition) is 18. The molecule has 101 heavy (non-hydrogen) atoms. The van der Waals surface area contributed by atoms with Gasteiger partial charge in [-0.15, -0.1) is 0 Å². The molecular formula is C82H151NO18. The van der Waals surface area contributed by atoms with E-state index in [1.165, 1.54) is 231 Å². The highest BCUT2D eigenvalue weighted by Gasteiger charge is 2.54. The van der Waals surface area contributed by atoms with E-state index in [9.17, 15) is 61.0 Å². The molecule has 3 heterocycles. The molecule has 3 aliphatic heterocycles. The number of hydrogen-bond donors (Lipinski definition) is 12. The fourth-order valence-corrected chi connectivity index (χ4v) is 14.1. The fourth-order valence-electron chi connectivity index (χ4n) is 14.1. The van der Waals surface area contributed by atoms with Crippen molar-refractivity contribution in [3.63, 3.8) is 0 Å². The Labute approximate surface area is 612 Å². The summed E-state index contributed by atoms with van der Waals surface area (Å²) in [4.78, 5) is 13.5. The molecule has 17 atom stereocenters.